The summed E-state index contributed by atoms with van der Waals surface area (Å²) in [6, 6.07) is 21.7. The molecule has 1 aromatic heterocycles. The summed E-state index contributed by atoms with van der Waals surface area (Å²) in [5, 5.41) is 3.59. The lowest BCUT2D eigenvalue weighted by atomic mass is 9.87. The average molecular weight is 506 g/mol. The molecule has 4 rings (SSSR count). The van der Waals surface area contributed by atoms with E-state index in [1.165, 1.54) is 0 Å². The molecule has 0 saturated heterocycles. The Morgan fingerprint density at radius 3 is 2.31 bits per heavy atom. The molecule has 188 valence electrons. The summed E-state index contributed by atoms with van der Waals surface area (Å²) >= 11 is 0. The van der Waals surface area contributed by atoms with E-state index in [4.69, 9.17) is 4.74 Å². The zero-order valence-electron chi connectivity index (χ0n) is 20.9. The van der Waals surface area contributed by atoms with Gasteiger partial charge in [0.1, 0.15) is 5.69 Å². The van der Waals surface area contributed by atoms with Gasteiger partial charge in [0.25, 0.3) is 15.9 Å². The molecule has 3 N–H and O–H groups in total. The lowest BCUT2D eigenvalue weighted by molar-refractivity contribution is 0.0933. The highest BCUT2D eigenvalue weighted by Gasteiger charge is 2.21. The smallest absolute Gasteiger partial charge is 0.268 e. The third-order valence-electron chi connectivity index (χ3n) is 5.96. The highest BCUT2D eigenvalue weighted by atomic mass is 32.2. The molecule has 0 bridgehead atoms. The van der Waals surface area contributed by atoms with Gasteiger partial charge in [-0.25, -0.2) is 8.42 Å². The van der Waals surface area contributed by atoms with Crippen LogP contribution in [0, 0.1) is 0 Å². The number of rotatable bonds is 8. The fourth-order valence-electron chi connectivity index (χ4n) is 4.03. The largest absolute Gasteiger partial charge is 0.383 e. The van der Waals surface area contributed by atoms with Gasteiger partial charge in [-0.3, -0.25) is 9.52 Å². The molecule has 7 nitrogen and oxygen atoms in total. The second kappa shape index (κ2) is 10.2. The number of aromatic amines is 1. The molecule has 3 aromatic carbocycles. The van der Waals surface area contributed by atoms with Crippen molar-refractivity contribution in [3.8, 4) is 11.1 Å². The first-order valence-electron chi connectivity index (χ1n) is 11.7. The van der Waals surface area contributed by atoms with E-state index >= 15 is 0 Å². The standard InChI is InChI=1S/C28H31N3O4S/c1-28(2,3)20-10-13-22(14-11-20)36(33,34)31-21-12-15-24-23(18-21)25(19-8-6-5-7-9-19)26(30-24)27(32)29-16-17-35-4/h5-15,18,30-31H,16-17H2,1-4H3,(H,29,32). The zero-order chi connectivity index (χ0) is 25.9. The van der Waals surface area contributed by atoms with Gasteiger partial charge in [-0.1, -0.05) is 63.2 Å². The van der Waals surface area contributed by atoms with Crippen molar-refractivity contribution in [1.82, 2.24) is 10.3 Å². The lowest BCUT2D eigenvalue weighted by Gasteiger charge is -2.19. The van der Waals surface area contributed by atoms with Gasteiger partial charge < -0.3 is 15.0 Å². The molecule has 0 fully saturated rings. The van der Waals surface area contributed by atoms with Gasteiger partial charge in [0.2, 0.25) is 0 Å². The van der Waals surface area contributed by atoms with E-state index in [1.54, 1.807) is 37.4 Å². The van der Waals surface area contributed by atoms with Crippen molar-refractivity contribution in [2.75, 3.05) is 25.0 Å². The average Bonchev–Trinajstić information content (AvgIpc) is 3.23. The molecule has 0 aliphatic heterocycles. The van der Waals surface area contributed by atoms with E-state index in [1.807, 2.05) is 42.5 Å². The molecule has 0 spiro atoms. The van der Waals surface area contributed by atoms with Gasteiger partial charge in [0.05, 0.1) is 11.5 Å². The first kappa shape index (κ1) is 25.5. The quantitative estimate of drug-likeness (QED) is 0.283. The third kappa shape index (κ3) is 5.45. The van der Waals surface area contributed by atoms with Crippen molar-refractivity contribution in [2.24, 2.45) is 0 Å². The number of anilines is 1. The number of aromatic nitrogens is 1. The van der Waals surface area contributed by atoms with Crippen molar-refractivity contribution in [3.05, 3.63) is 84.1 Å². The summed E-state index contributed by atoms with van der Waals surface area (Å²) in [6.07, 6.45) is 0. The van der Waals surface area contributed by atoms with Crippen LogP contribution in [0.4, 0.5) is 5.69 Å². The second-order valence-electron chi connectivity index (χ2n) is 9.63. The Kier molecular flexibility index (Phi) is 7.19. The van der Waals surface area contributed by atoms with Crippen molar-refractivity contribution < 1.29 is 17.9 Å². The van der Waals surface area contributed by atoms with Gasteiger partial charge in [0, 0.05) is 35.8 Å². The molecular formula is C28H31N3O4S. The Morgan fingerprint density at radius 2 is 1.67 bits per heavy atom. The number of hydrogen-bond donors (Lipinski definition) is 3. The fraction of sp³-hybridized carbons (Fsp3) is 0.250. The summed E-state index contributed by atoms with van der Waals surface area (Å²) < 4.78 is 34.0. The molecule has 0 aliphatic carbocycles. The van der Waals surface area contributed by atoms with Crippen LogP contribution in [0.2, 0.25) is 0 Å². The van der Waals surface area contributed by atoms with E-state index in [0.29, 0.717) is 30.1 Å². The van der Waals surface area contributed by atoms with Crippen molar-refractivity contribution in [2.45, 2.75) is 31.1 Å². The molecule has 0 unspecified atom stereocenters. The Balaban J connectivity index is 1.72. The maximum atomic E-state index is 13.1. The minimum atomic E-state index is -3.80. The number of benzene rings is 3. The first-order chi connectivity index (χ1) is 17.1. The van der Waals surface area contributed by atoms with Gasteiger partial charge in [0.15, 0.2) is 0 Å². The Bertz CT molecular complexity index is 1470. The molecule has 8 heteroatoms. The number of ether oxygens (including phenoxy) is 1. The summed E-state index contributed by atoms with van der Waals surface area (Å²) in [4.78, 5) is 16.4. The van der Waals surface area contributed by atoms with Gasteiger partial charge in [-0.05, 0) is 46.9 Å². The molecule has 36 heavy (non-hydrogen) atoms. The predicted molar refractivity (Wildman–Crippen MR) is 144 cm³/mol. The number of hydrogen-bond acceptors (Lipinski definition) is 4. The zero-order valence-corrected chi connectivity index (χ0v) is 21.7. The number of carbonyl (C=O) groups excluding carboxylic acids is 1. The molecule has 1 heterocycles. The summed E-state index contributed by atoms with van der Waals surface area (Å²) in [6.45, 7) is 7.01. The highest BCUT2D eigenvalue weighted by Crippen LogP contribution is 2.34. The maximum absolute atomic E-state index is 13.1. The second-order valence-corrected chi connectivity index (χ2v) is 11.3. The molecular weight excluding hydrogens is 474 g/mol. The Morgan fingerprint density at radius 1 is 0.972 bits per heavy atom. The minimum Gasteiger partial charge on any atom is -0.383 e. The molecule has 0 aliphatic rings. The van der Waals surface area contributed by atoms with Crippen LogP contribution in [0.25, 0.3) is 22.0 Å². The summed E-state index contributed by atoms with van der Waals surface area (Å²) in [7, 11) is -2.22. The number of amides is 1. The van der Waals surface area contributed by atoms with Crippen LogP contribution >= 0.6 is 0 Å². The van der Waals surface area contributed by atoms with E-state index in [-0.39, 0.29) is 16.2 Å². The van der Waals surface area contributed by atoms with Gasteiger partial charge >= 0.3 is 0 Å². The molecule has 0 radical (unpaired) electrons. The van der Waals surface area contributed by atoms with Crippen LogP contribution in [-0.2, 0) is 20.2 Å². The number of fused-ring (bicyclic) bond motifs is 1. The summed E-state index contributed by atoms with van der Waals surface area (Å²) in [5.74, 6) is -0.261. The third-order valence-corrected chi connectivity index (χ3v) is 7.36. The number of methoxy groups -OCH3 is 1. The van der Waals surface area contributed by atoms with Gasteiger partial charge in [-0.15, -0.1) is 0 Å². The van der Waals surface area contributed by atoms with Crippen LogP contribution in [-0.4, -0.2) is 39.6 Å². The first-order valence-corrected chi connectivity index (χ1v) is 13.2. The molecule has 1 amide bonds. The predicted octanol–water partition coefficient (Wildman–Crippen LogP) is 5.31. The van der Waals surface area contributed by atoms with Crippen molar-refractivity contribution >= 4 is 32.5 Å². The normalized spacial score (nSPS) is 12.0. The Labute approximate surface area is 211 Å². The maximum Gasteiger partial charge on any atom is 0.268 e. The van der Waals surface area contributed by atoms with Gasteiger partial charge in [-0.2, -0.15) is 0 Å². The van der Waals surface area contributed by atoms with Crippen LogP contribution in [0.1, 0.15) is 36.8 Å². The van der Waals surface area contributed by atoms with E-state index < -0.39 is 10.0 Å². The number of H-pyrrole nitrogens is 1. The number of carbonyl (C=O) groups is 1. The van der Waals surface area contributed by atoms with Crippen molar-refractivity contribution in [3.63, 3.8) is 0 Å². The minimum absolute atomic E-state index is 0.0730. The molecule has 0 atom stereocenters. The van der Waals surface area contributed by atoms with Crippen LogP contribution in [0.15, 0.2) is 77.7 Å². The highest BCUT2D eigenvalue weighted by molar-refractivity contribution is 7.92. The number of sulfonamides is 1. The van der Waals surface area contributed by atoms with E-state index in [0.717, 1.165) is 22.0 Å². The topological polar surface area (TPSA) is 100 Å². The van der Waals surface area contributed by atoms with E-state index in [2.05, 4.69) is 35.8 Å². The van der Waals surface area contributed by atoms with Crippen LogP contribution < -0.4 is 10.0 Å². The molecule has 4 aromatic rings. The lowest BCUT2D eigenvalue weighted by Crippen LogP contribution is -2.27. The monoisotopic (exact) mass is 505 g/mol. The van der Waals surface area contributed by atoms with E-state index in [9.17, 15) is 13.2 Å². The molecule has 0 saturated carbocycles. The van der Waals surface area contributed by atoms with Crippen LogP contribution in [0.3, 0.4) is 0 Å². The van der Waals surface area contributed by atoms with Crippen molar-refractivity contribution in [1.29, 1.82) is 0 Å². The fourth-order valence-corrected chi connectivity index (χ4v) is 5.08. The summed E-state index contributed by atoms with van der Waals surface area (Å²) in [5.41, 5.74) is 4.07. The number of nitrogens with one attached hydrogen (secondary N) is 3. The van der Waals surface area contributed by atoms with Crippen LogP contribution in [0.5, 0.6) is 0 Å². The SMILES string of the molecule is COCCNC(=O)c1[nH]c2ccc(NS(=O)(=O)c3ccc(C(C)(C)C)cc3)cc2c1-c1ccccc1. The Hall–Kier alpha value is -3.62.